The summed E-state index contributed by atoms with van der Waals surface area (Å²) in [5.74, 6) is -1.68. The lowest BCUT2D eigenvalue weighted by Gasteiger charge is -2.27. The summed E-state index contributed by atoms with van der Waals surface area (Å²) in [5, 5.41) is 32.0. The van der Waals surface area contributed by atoms with E-state index in [0.29, 0.717) is 5.75 Å². The number of rotatable bonds is 12. The maximum absolute atomic E-state index is 11.7. The highest BCUT2D eigenvalue weighted by molar-refractivity contribution is 8.13. The Morgan fingerprint density at radius 3 is 2.24 bits per heavy atom. The zero-order valence-electron chi connectivity index (χ0n) is 14.4. The van der Waals surface area contributed by atoms with E-state index in [4.69, 9.17) is 10.2 Å². The number of hydrogen-bond acceptors (Lipinski definition) is 7. The van der Waals surface area contributed by atoms with E-state index in [1.807, 2.05) is 0 Å². The van der Waals surface area contributed by atoms with Crippen molar-refractivity contribution in [2.75, 3.05) is 25.4 Å². The van der Waals surface area contributed by atoms with Gasteiger partial charge >= 0.3 is 5.97 Å². The third kappa shape index (κ3) is 10.7. The first-order chi connectivity index (χ1) is 11.6. The van der Waals surface area contributed by atoms with E-state index in [1.165, 1.54) is 0 Å². The average Bonchev–Trinajstić information content (AvgIpc) is 2.55. The van der Waals surface area contributed by atoms with Crippen LogP contribution in [-0.4, -0.2) is 69.8 Å². The number of hydrogen-bond donors (Lipinski definition) is 5. The van der Waals surface area contributed by atoms with Crippen LogP contribution in [0.25, 0.3) is 0 Å². The monoisotopic (exact) mass is 378 g/mol. The standard InChI is InChI=1S/C15H26N2O7S/c1-15(2,9-18)13(23)14(24)17-6-5-10(19)16-7-8-25-12(22)4-3-11(20)21/h13,18,23H,3-9H2,1-2H3,(H,16,19)(H,17,24)(H,20,21). The number of nitrogens with one attached hydrogen (secondary N) is 2. The van der Waals surface area contributed by atoms with Crippen LogP contribution in [0.15, 0.2) is 0 Å². The number of aliphatic hydroxyl groups excluding tert-OH is 2. The van der Waals surface area contributed by atoms with E-state index >= 15 is 0 Å². The van der Waals surface area contributed by atoms with Crippen molar-refractivity contribution in [1.29, 1.82) is 0 Å². The molecule has 0 aliphatic carbocycles. The fourth-order valence-electron chi connectivity index (χ4n) is 1.56. The van der Waals surface area contributed by atoms with Crippen LogP contribution < -0.4 is 10.6 Å². The van der Waals surface area contributed by atoms with Crippen molar-refractivity contribution in [3.63, 3.8) is 0 Å². The summed E-state index contributed by atoms with van der Waals surface area (Å²) >= 11 is 0.955. The highest BCUT2D eigenvalue weighted by Crippen LogP contribution is 2.19. The van der Waals surface area contributed by atoms with Gasteiger partial charge in [-0.1, -0.05) is 25.6 Å². The van der Waals surface area contributed by atoms with Crippen molar-refractivity contribution >= 4 is 34.7 Å². The fraction of sp³-hybridized carbons (Fsp3) is 0.733. The second-order valence-corrected chi connectivity index (χ2v) is 7.21. The van der Waals surface area contributed by atoms with Crippen LogP contribution in [0.4, 0.5) is 0 Å². The van der Waals surface area contributed by atoms with Gasteiger partial charge in [0, 0.05) is 37.1 Å². The number of carbonyl (C=O) groups is 4. The molecule has 1 atom stereocenters. The second-order valence-electron chi connectivity index (χ2n) is 6.05. The van der Waals surface area contributed by atoms with Gasteiger partial charge in [-0.2, -0.15) is 0 Å². The van der Waals surface area contributed by atoms with Gasteiger partial charge in [0.15, 0.2) is 5.12 Å². The molecule has 0 aromatic rings. The minimum absolute atomic E-state index is 0.00956. The molecular weight excluding hydrogens is 352 g/mol. The Labute approximate surface area is 150 Å². The molecule has 0 fully saturated rings. The van der Waals surface area contributed by atoms with Gasteiger partial charge in [0.25, 0.3) is 0 Å². The topological polar surface area (TPSA) is 153 Å². The molecular formula is C15H26N2O7S. The third-order valence-corrected chi connectivity index (χ3v) is 4.21. The Kier molecular flexibility index (Phi) is 11.0. The molecule has 0 aromatic heterocycles. The molecule has 5 N–H and O–H groups in total. The molecule has 144 valence electrons. The first-order valence-electron chi connectivity index (χ1n) is 7.81. The molecule has 1 unspecified atom stereocenters. The quantitative estimate of drug-likeness (QED) is 0.274. The maximum atomic E-state index is 11.7. The number of aliphatic carboxylic acids is 1. The van der Waals surface area contributed by atoms with Crippen LogP contribution in [0.2, 0.25) is 0 Å². The van der Waals surface area contributed by atoms with Crippen molar-refractivity contribution < 1.29 is 34.5 Å². The van der Waals surface area contributed by atoms with Crippen LogP contribution in [0, 0.1) is 5.41 Å². The summed E-state index contributed by atoms with van der Waals surface area (Å²) in [6.07, 6.45) is -1.63. The van der Waals surface area contributed by atoms with E-state index < -0.39 is 23.4 Å². The number of carbonyl (C=O) groups excluding carboxylic acids is 3. The molecule has 0 aliphatic heterocycles. The molecule has 0 aliphatic rings. The van der Waals surface area contributed by atoms with Crippen molar-refractivity contribution in [2.45, 2.75) is 39.2 Å². The van der Waals surface area contributed by atoms with Crippen molar-refractivity contribution in [3.8, 4) is 0 Å². The Bertz CT molecular complexity index is 483. The first-order valence-corrected chi connectivity index (χ1v) is 8.79. The maximum Gasteiger partial charge on any atom is 0.303 e. The van der Waals surface area contributed by atoms with Gasteiger partial charge in [0.1, 0.15) is 6.10 Å². The number of aliphatic hydroxyl groups is 2. The highest BCUT2D eigenvalue weighted by atomic mass is 32.2. The lowest BCUT2D eigenvalue weighted by Crippen LogP contribution is -2.46. The largest absolute Gasteiger partial charge is 0.481 e. The summed E-state index contributed by atoms with van der Waals surface area (Å²) in [7, 11) is 0. The van der Waals surface area contributed by atoms with Crippen LogP contribution in [0.1, 0.15) is 33.1 Å². The van der Waals surface area contributed by atoms with Gasteiger partial charge in [-0.25, -0.2) is 0 Å². The Morgan fingerprint density at radius 2 is 1.68 bits per heavy atom. The summed E-state index contributed by atoms with van der Waals surface area (Å²) in [6.45, 7) is 3.01. The molecule has 0 aromatic carbocycles. The van der Waals surface area contributed by atoms with Gasteiger partial charge in [-0.15, -0.1) is 0 Å². The van der Waals surface area contributed by atoms with E-state index in [1.54, 1.807) is 13.8 Å². The zero-order chi connectivity index (χ0) is 19.5. The van der Waals surface area contributed by atoms with Crippen molar-refractivity contribution in [2.24, 2.45) is 5.41 Å². The van der Waals surface area contributed by atoms with E-state index in [0.717, 1.165) is 11.8 Å². The predicted molar refractivity (Wildman–Crippen MR) is 91.8 cm³/mol. The Balaban J connectivity index is 3.83. The second kappa shape index (κ2) is 11.8. The molecule has 0 saturated heterocycles. The van der Waals surface area contributed by atoms with Crippen LogP contribution in [-0.2, 0) is 19.2 Å². The molecule has 25 heavy (non-hydrogen) atoms. The molecule has 10 heteroatoms. The average molecular weight is 378 g/mol. The molecule has 9 nitrogen and oxygen atoms in total. The van der Waals surface area contributed by atoms with Crippen molar-refractivity contribution in [1.82, 2.24) is 10.6 Å². The summed E-state index contributed by atoms with van der Waals surface area (Å²) in [6, 6.07) is 0. The normalized spacial score (nSPS) is 12.3. The fourth-order valence-corrected chi connectivity index (χ4v) is 2.24. The number of amides is 2. The van der Waals surface area contributed by atoms with Crippen LogP contribution in [0.5, 0.6) is 0 Å². The molecule has 0 spiro atoms. The smallest absolute Gasteiger partial charge is 0.303 e. The minimum atomic E-state index is -1.38. The lowest BCUT2D eigenvalue weighted by atomic mass is 9.87. The lowest BCUT2D eigenvalue weighted by molar-refractivity contribution is -0.138. The number of carboxylic acids is 1. The summed E-state index contributed by atoms with van der Waals surface area (Å²) in [5.41, 5.74) is -0.975. The van der Waals surface area contributed by atoms with Gasteiger partial charge in [-0.05, 0) is 0 Å². The Morgan fingerprint density at radius 1 is 1.04 bits per heavy atom. The zero-order valence-corrected chi connectivity index (χ0v) is 15.2. The van der Waals surface area contributed by atoms with E-state index in [9.17, 15) is 24.3 Å². The molecule has 0 saturated carbocycles. The van der Waals surface area contributed by atoms with E-state index in [2.05, 4.69) is 10.6 Å². The minimum Gasteiger partial charge on any atom is -0.481 e. The van der Waals surface area contributed by atoms with E-state index in [-0.39, 0.29) is 50.0 Å². The first kappa shape index (κ1) is 23.4. The van der Waals surface area contributed by atoms with Crippen molar-refractivity contribution in [3.05, 3.63) is 0 Å². The predicted octanol–water partition coefficient (Wildman–Crippen LogP) is -0.887. The van der Waals surface area contributed by atoms with Crippen LogP contribution >= 0.6 is 11.8 Å². The molecule has 0 rings (SSSR count). The number of carboxylic acid groups (broad SMARTS) is 1. The molecule has 2 amide bonds. The van der Waals surface area contributed by atoms with Crippen LogP contribution in [0.3, 0.4) is 0 Å². The number of thioether (sulfide) groups is 1. The molecule has 0 radical (unpaired) electrons. The van der Waals surface area contributed by atoms with Gasteiger partial charge in [0.2, 0.25) is 11.8 Å². The Hall–Kier alpha value is -1.65. The summed E-state index contributed by atoms with van der Waals surface area (Å²) < 4.78 is 0. The van der Waals surface area contributed by atoms with Gasteiger partial charge < -0.3 is 26.0 Å². The summed E-state index contributed by atoms with van der Waals surface area (Å²) in [4.78, 5) is 44.9. The van der Waals surface area contributed by atoms with Gasteiger partial charge in [0.05, 0.1) is 13.0 Å². The third-order valence-electron chi connectivity index (χ3n) is 3.28. The highest BCUT2D eigenvalue weighted by Gasteiger charge is 2.32. The SMILES string of the molecule is CC(C)(CO)C(O)C(=O)NCCC(=O)NCCSC(=O)CCC(=O)O. The van der Waals surface area contributed by atoms with Gasteiger partial charge in [-0.3, -0.25) is 19.2 Å². The molecule has 0 heterocycles. The molecule has 0 bridgehead atoms.